The number of alkyl halides is 3. The lowest BCUT2D eigenvalue weighted by atomic mass is 9.85. The molecule has 0 bridgehead atoms. The summed E-state index contributed by atoms with van der Waals surface area (Å²) in [6.07, 6.45) is -0.166. The monoisotopic (exact) mass is 282 g/mol. The van der Waals surface area contributed by atoms with Crippen molar-refractivity contribution in [2.45, 2.75) is 24.6 Å². The van der Waals surface area contributed by atoms with Gasteiger partial charge in [-0.05, 0) is 30.9 Å². The van der Waals surface area contributed by atoms with Gasteiger partial charge in [0.25, 0.3) is 0 Å². The molecule has 0 unspecified atom stereocenters. The largest absolute Gasteiger partial charge is 0.419 e. The SMILES string of the molecule is O=C1Nc2ccccc2[C@@](C=CC2CC2)(C(F)(F)F)N1. The van der Waals surface area contributed by atoms with Crippen LogP contribution in [-0.2, 0) is 5.54 Å². The third-order valence-electron chi connectivity index (χ3n) is 3.60. The summed E-state index contributed by atoms with van der Waals surface area (Å²) < 4.78 is 40.9. The Morgan fingerprint density at radius 3 is 2.60 bits per heavy atom. The van der Waals surface area contributed by atoms with Gasteiger partial charge in [-0.15, -0.1) is 0 Å². The van der Waals surface area contributed by atoms with Gasteiger partial charge in [0, 0.05) is 11.3 Å². The second-order valence-electron chi connectivity index (χ2n) is 5.13. The van der Waals surface area contributed by atoms with Crippen molar-refractivity contribution in [2.75, 3.05) is 5.32 Å². The average molecular weight is 282 g/mol. The average Bonchev–Trinajstić information content (AvgIpc) is 3.18. The topological polar surface area (TPSA) is 41.1 Å². The standard InChI is InChI=1S/C14H13F3N2O/c15-14(16,17)13(8-7-9-5-6-9)10-3-1-2-4-11(10)18-12(20)19-13/h1-4,7-9H,5-6H2,(H2,18,19,20)/t13-/m0/s1. The molecule has 1 atom stereocenters. The second-order valence-corrected chi connectivity index (χ2v) is 5.13. The van der Waals surface area contributed by atoms with Crippen LogP contribution in [0.3, 0.4) is 0 Å². The van der Waals surface area contributed by atoms with E-state index in [0.717, 1.165) is 18.9 Å². The van der Waals surface area contributed by atoms with Crippen molar-refractivity contribution in [1.82, 2.24) is 5.32 Å². The van der Waals surface area contributed by atoms with Crippen LogP contribution in [0.2, 0.25) is 0 Å². The molecule has 3 nitrogen and oxygen atoms in total. The van der Waals surface area contributed by atoms with Gasteiger partial charge < -0.3 is 10.6 Å². The lowest BCUT2D eigenvalue weighted by molar-refractivity contribution is -0.181. The van der Waals surface area contributed by atoms with E-state index in [1.807, 2.05) is 5.32 Å². The van der Waals surface area contributed by atoms with Crippen LogP contribution in [0.1, 0.15) is 18.4 Å². The minimum absolute atomic E-state index is 0.0176. The van der Waals surface area contributed by atoms with Gasteiger partial charge in [-0.25, -0.2) is 4.79 Å². The van der Waals surface area contributed by atoms with Crippen LogP contribution in [0.25, 0.3) is 0 Å². The van der Waals surface area contributed by atoms with E-state index in [-0.39, 0.29) is 17.2 Å². The highest BCUT2D eigenvalue weighted by Crippen LogP contribution is 2.46. The van der Waals surface area contributed by atoms with Crippen LogP contribution in [0.4, 0.5) is 23.7 Å². The van der Waals surface area contributed by atoms with Gasteiger partial charge in [-0.3, -0.25) is 0 Å². The van der Waals surface area contributed by atoms with Gasteiger partial charge in [0.05, 0.1) is 0 Å². The predicted molar refractivity (Wildman–Crippen MR) is 68.2 cm³/mol. The molecule has 3 rings (SSSR count). The summed E-state index contributed by atoms with van der Waals surface area (Å²) in [4.78, 5) is 11.6. The number of anilines is 1. The fourth-order valence-corrected chi connectivity index (χ4v) is 2.35. The third kappa shape index (κ3) is 2.05. The van der Waals surface area contributed by atoms with Crippen molar-refractivity contribution < 1.29 is 18.0 Å². The molecule has 0 aromatic heterocycles. The summed E-state index contributed by atoms with van der Waals surface area (Å²) in [6.45, 7) is 0. The summed E-state index contributed by atoms with van der Waals surface area (Å²) in [6, 6.07) is 5.13. The molecule has 2 amide bonds. The molecule has 1 aliphatic carbocycles. The molecule has 6 heteroatoms. The molecular formula is C14H13F3N2O. The number of rotatable bonds is 2. The number of carbonyl (C=O) groups excluding carboxylic acids is 1. The van der Waals surface area contributed by atoms with Crippen molar-refractivity contribution in [3.8, 4) is 0 Å². The predicted octanol–water partition coefficient (Wildman–Crippen LogP) is 3.55. The quantitative estimate of drug-likeness (QED) is 0.800. The van der Waals surface area contributed by atoms with Crippen molar-refractivity contribution >= 4 is 11.7 Å². The van der Waals surface area contributed by atoms with Crippen LogP contribution in [0.15, 0.2) is 36.4 Å². The molecule has 2 N–H and O–H groups in total. The highest BCUT2D eigenvalue weighted by molar-refractivity contribution is 5.94. The zero-order chi connectivity index (χ0) is 14.4. The van der Waals surface area contributed by atoms with E-state index in [9.17, 15) is 18.0 Å². The fraction of sp³-hybridized carbons (Fsp3) is 0.357. The molecule has 2 aliphatic rings. The number of fused-ring (bicyclic) bond motifs is 1. The Morgan fingerprint density at radius 2 is 1.95 bits per heavy atom. The van der Waals surface area contributed by atoms with Crippen molar-refractivity contribution in [3.05, 3.63) is 42.0 Å². The highest BCUT2D eigenvalue weighted by Gasteiger charge is 2.58. The number of hydrogen-bond donors (Lipinski definition) is 2. The molecule has 1 aromatic carbocycles. The first-order chi connectivity index (χ1) is 9.42. The Bertz CT molecular complexity index is 578. The Hall–Kier alpha value is -1.98. The summed E-state index contributed by atoms with van der Waals surface area (Å²) >= 11 is 0. The molecule has 1 fully saturated rings. The van der Waals surface area contributed by atoms with Crippen LogP contribution in [-0.4, -0.2) is 12.2 Å². The van der Waals surface area contributed by atoms with Crippen LogP contribution >= 0.6 is 0 Å². The van der Waals surface area contributed by atoms with Crippen molar-refractivity contribution in [2.24, 2.45) is 5.92 Å². The second kappa shape index (κ2) is 4.26. The van der Waals surface area contributed by atoms with Crippen LogP contribution in [0.5, 0.6) is 0 Å². The van der Waals surface area contributed by atoms with Crippen LogP contribution in [0, 0.1) is 5.92 Å². The van der Waals surface area contributed by atoms with E-state index in [1.54, 1.807) is 12.1 Å². The van der Waals surface area contributed by atoms with Crippen LogP contribution < -0.4 is 10.6 Å². The van der Waals surface area contributed by atoms with Gasteiger partial charge >= 0.3 is 12.2 Å². The first-order valence-electron chi connectivity index (χ1n) is 6.37. The molecule has 1 aliphatic heterocycles. The Morgan fingerprint density at radius 1 is 1.25 bits per heavy atom. The summed E-state index contributed by atoms with van der Waals surface area (Å²) in [5, 5.41) is 4.45. The van der Waals surface area contributed by atoms with Gasteiger partial charge in [-0.1, -0.05) is 24.3 Å². The molecule has 1 heterocycles. The molecule has 1 aromatic rings. The van der Waals surface area contributed by atoms with E-state index in [4.69, 9.17) is 0 Å². The van der Waals surface area contributed by atoms with E-state index < -0.39 is 17.7 Å². The maximum Gasteiger partial charge on any atom is 0.419 e. The first kappa shape index (κ1) is 13.0. The number of urea groups is 1. The molecule has 20 heavy (non-hydrogen) atoms. The molecule has 0 spiro atoms. The first-order valence-corrected chi connectivity index (χ1v) is 6.37. The summed E-state index contributed by atoms with van der Waals surface area (Å²) in [5.74, 6) is 0.188. The Balaban J connectivity index is 2.15. The zero-order valence-electron chi connectivity index (χ0n) is 10.5. The van der Waals surface area contributed by atoms with E-state index >= 15 is 0 Å². The third-order valence-corrected chi connectivity index (χ3v) is 3.60. The summed E-state index contributed by atoms with van der Waals surface area (Å²) in [7, 11) is 0. The number of benzene rings is 1. The number of allylic oxidation sites excluding steroid dienone is 1. The lowest BCUT2D eigenvalue weighted by Gasteiger charge is -2.39. The maximum atomic E-state index is 13.6. The Kier molecular flexibility index (Phi) is 2.77. The maximum absolute atomic E-state index is 13.6. The molecular weight excluding hydrogens is 269 g/mol. The minimum Gasteiger partial charge on any atom is -0.316 e. The fourth-order valence-electron chi connectivity index (χ4n) is 2.35. The number of halogens is 3. The minimum atomic E-state index is -4.60. The smallest absolute Gasteiger partial charge is 0.316 e. The highest BCUT2D eigenvalue weighted by atomic mass is 19.4. The van der Waals surface area contributed by atoms with E-state index in [0.29, 0.717) is 0 Å². The van der Waals surface area contributed by atoms with Crippen molar-refractivity contribution in [3.63, 3.8) is 0 Å². The number of nitrogens with one attached hydrogen (secondary N) is 2. The lowest BCUT2D eigenvalue weighted by Crippen LogP contribution is -2.58. The van der Waals surface area contributed by atoms with Gasteiger partial charge in [0.15, 0.2) is 5.54 Å². The van der Waals surface area contributed by atoms with E-state index in [1.165, 1.54) is 18.2 Å². The zero-order valence-corrected chi connectivity index (χ0v) is 10.5. The normalized spacial score (nSPS) is 26.1. The number of para-hydroxylation sites is 1. The van der Waals surface area contributed by atoms with Gasteiger partial charge in [0.1, 0.15) is 0 Å². The van der Waals surface area contributed by atoms with E-state index in [2.05, 4.69) is 5.32 Å². The van der Waals surface area contributed by atoms with Gasteiger partial charge in [0.2, 0.25) is 0 Å². The molecule has 0 saturated heterocycles. The molecule has 106 valence electrons. The van der Waals surface area contributed by atoms with Gasteiger partial charge in [-0.2, -0.15) is 13.2 Å². The summed E-state index contributed by atoms with van der Waals surface area (Å²) in [5.41, 5.74) is -2.24. The molecule has 1 saturated carbocycles. The number of hydrogen-bond acceptors (Lipinski definition) is 1. The number of amides is 2. The Labute approximate surface area is 113 Å². The number of carbonyl (C=O) groups is 1. The van der Waals surface area contributed by atoms with Crippen molar-refractivity contribution in [1.29, 1.82) is 0 Å². The molecule has 0 radical (unpaired) electrons.